The number of Topliss-reactive ketones (excluding diaryl/α,β-unsaturated/α-hetero) is 1. The van der Waals surface area contributed by atoms with Gasteiger partial charge >= 0.3 is 17.9 Å². The number of carbonyl (C=O) groups excluding carboxylic acids is 4. The molecule has 4 aliphatic rings. The molecule has 0 radical (unpaired) electrons. The van der Waals surface area contributed by atoms with Gasteiger partial charge in [0.1, 0.15) is 12.2 Å². The van der Waals surface area contributed by atoms with E-state index in [1.165, 1.54) is 13.8 Å². The van der Waals surface area contributed by atoms with Crippen molar-refractivity contribution in [2.45, 2.75) is 104 Å². The van der Waals surface area contributed by atoms with Crippen molar-refractivity contribution in [1.82, 2.24) is 0 Å². The Morgan fingerprint density at radius 2 is 1.59 bits per heavy atom. The molecule has 1 N–H and O–H groups in total. The minimum absolute atomic E-state index is 0.226. The van der Waals surface area contributed by atoms with E-state index in [9.17, 15) is 24.3 Å². The van der Waals surface area contributed by atoms with Crippen LogP contribution in [0.5, 0.6) is 0 Å². The van der Waals surface area contributed by atoms with Gasteiger partial charge in [-0.2, -0.15) is 0 Å². The monoisotopic (exact) mass is 520 g/mol. The zero-order valence-electron chi connectivity index (χ0n) is 23.2. The molecule has 206 valence electrons. The number of hydrogen-bond acceptors (Lipinski definition) is 9. The fourth-order valence-corrected chi connectivity index (χ4v) is 7.11. The summed E-state index contributed by atoms with van der Waals surface area (Å²) in [5, 5.41) is 11.2. The van der Waals surface area contributed by atoms with Crippen molar-refractivity contribution in [1.29, 1.82) is 0 Å². The van der Waals surface area contributed by atoms with Crippen LogP contribution in [0, 0.1) is 35.0 Å². The van der Waals surface area contributed by atoms with Crippen LogP contribution in [0.4, 0.5) is 0 Å². The number of aliphatic hydroxyl groups is 1. The van der Waals surface area contributed by atoms with Gasteiger partial charge in [-0.15, -0.1) is 0 Å². The molecule has 0 aromatic heterocycles. The molecule has 9 nitrogen and oxygen atoms in total. The molecule has 10 unspecified atom stereocenters. The van der Waals surface area contributed by atoms with Crippen molar-refractivity contribution in [3.05, 3.63) is 11.6 Å². The molecule has 10 atom stereocenters. The van der Waals surface area contributed by atoms with Gasteiger partial charge < -0.3 is 24.1 Å². The zero-order valence-corrected chi connectivity index (χ0v) is 23.2. The van der Waals surface area contributed by atoms with Gasteiger partial charge in [0.2, 0.25) is 0 Å². The SMILES string of the molecule is CC(=O)OC1C(C)=CC23OC2(CC(C)C3O)C(=O)C(C)C(OC(C)=O)C2C(C1OC(=O)C(C)C)C2(C)C. The van der Waals surface area contributed by atoms with E-state index in [4.69, 9.17) is 18.9 Å². The maximum Gasteiger partial charge on any atom is 0.308 e. The highest BCUT2D eigenvalue weighted by Gasteiger charge is 2.82. The molecule has 1 aliphatic heterocycles. The summed E-state index contributed by atoms with van der Waals surface area (Å²) in [5.74, 6) is -3.87. The van der Waals surface area contributed by atoms with Crippen LogP contribution < -0.4 is 0 Å². The summed E-state index contributed by atoms with van der Waals surface area (Å²) in [6.45, 7) is 15.3. The molecule has 0 aromatic rings. The predicted molar refractivity (Wildman–Crippen MR) is 131 cm³/mol. The first-order chi connectivity index (χ1) is 17.0. The Bertz CT molecular complexity index is 1040. The molecule has 2 saturated carbocycles. The molecule has 3 fully saturated rings. The lowest BCUT2D eigenvalue weighted by molar-refractivity contribution is -0.170. The van der Waals surface area contributed by atoms with Crippen LogP contribution in [0.2, 0.25) is 0 Å². The van der Waals surface area contributed by atoms with Gasteiger partial charge in [0.25, 0.3) is 0 Å². The van der Waals surface area contributed by atoms with Crippen molar-refractivity contribution in [2.24, 2.45) is 35.0 Å². The summed E-state index contributed by atoms with van der Waals surface area (Å²) in [6.07, 6.45) is -1.65. The summed E-state index contributed by atoms with van der Waals surface area (Å²) < 4.78 is 23.8. The molecule has 0 spiro atoms. The second-order valence-electron chi connectivity index (χ2n) is 12.4. The first kappa shape index (κ1) is 27.8. The van der Waals surface area contributed by atoms with Crippen LogP contribution in [-0.2, 0) is 38.1 Å². The molecule has 9 heteroatoms. The van der Waals surface area contributed by atoms with Gasteiger partial charge in [0.05, 0.1) is 17.9 Å². The molecular weight excluding hydrogens is 480 g/mol. The quantitative estimate of drug-likeness (QED) is 0.257. The molecule has 4 rings (SSSR count). The number of fused-ring (bicyclic) bond motifs is 1. The van der Waals surface area contributed by atoms with Crippen LogP contribution in [0.3, 0.4) is 0 Å². The topological polar surface area (TPSA) is 129 Å². The number of epoxide rings is 1. The lowest BCUT2D eigenvalue weighted by Gasteiger charge is -2.30. The fourth-order valence-electron chi connectivity index (χ4n) is 7.11. The molecule has 37 heavy (non-hydrogen) atoms. The van der Waals surface area contributed by atoms with Crippen molar-refractivity contribution in [2.75, 3.05) is 0 Å². The van der Waals surface area contributed by atoms with E-state index in [1.807, 2.05) is 20.8 Å². The maximum atomic E-state index is 14.1. The summed E-state index contributed by atoms with van der Waals surface area (Å²) in [4.78, 5) is 51.4. The van der Waals surface area contributed by atoms with Crippen LogP contribution in [0.15, 0.2) is 11.6 Å². The fraction of sp³-hybridized carbons (Fsp3) is 0.786. The molecule has 1 saturated heterocycles. The third-order valence-corrected chi connectivity index (χ3v) is 9.04. The Morgan fingerprint density at radius 3 is 2.14 bits per heavy atom. The van der Waals surface area contributed by atoms with E-state index < -0.39 is 70.8 Å². The van der Waals surface area contributed by atoms with Crippen molar-refractivity contribution in [3.8, 4) is 0 Å². The van der Waals surface area contributed by atoms with Crippen LogP contribution >= 0.6 is 0 Å². The van der Waals surface area contributed by atoms with Gasteiger partial charge in [-0.1, -0.05) is 41.5 Å². The lowest BCUT2D eigenvalue weighted by Crippen LogP contribution is -2.43. The van der Waals surface area contributed by atoms with Crippen LogP contribution in [0.1, 0.15) is 68.7 Å². The Kier molecular flexibility index (Phi) is 6.68. The van der Waals surface area contributed by atoms with Gasteiger partial charge in [-0.05, 0) is 36.3 Å². The maximum absolute atomic E-state index is 14.1. The first-order valence-corrected chi connectivity index (χ1v) is 13.2. The molecular formula is C28H40O9. The average Bonchev–Trinajstić information content (AvgIpc) is 3.58. The second-order valence-corrected chi connectivity index (χ2v) is 12.4. The van der Waals surface area contributed by atoms with Crippen LogP contribution in [0.25, 0.3) is 0 Å². The number of esters is 3. The van der Waals surface area contributed by atoms with E-state index in [1.54, 1.807) is 33.8 Å². The molecule has 3 aliphatic carbocycles. The number of ether oxygens (including phenoxy) is 4. The van der Waals surface area contributed by atoms with Gasteiger partial charge in [0.15, 0.2) is 23.1 Å². The van der Waals surface area contributed by atoms with Gasteiger partial charge in [-0.25, -0.2) is 0 Å². The van der Waals surface area contributed by atoms with E-state index in [0.29, 0.717) is 12.0 Å². The van der Waals surface area contributed by atoms with Crippen LogP contribution in [-0.4, -0.2) is 64.4 Å². The Balaban J connectivity index is 1.92. The minimum Gasteiger partial charge on any atom is -0.461 e. The number of aliphatic hydroxyl groups excluding tert-OH is 1. The predicted octanol–water partition coefficient (Wildman–Crippen LogP) is 2.76. The summed E-state index contributed by atoms with van der Waals surface area (Å²) in [6, 6.07) is 0. The highest BCUT2D eigenvalue weighted by Crippen LogP contribution is 2.68. The van der Waals surface area contributed by atoms with Gasteiger partial charge in [0, 0.05) is 25.7 Å². The Hall–Kier alpha value is -2.26. The largest absolute Gasteiger partial charge is 0.461 e. The number of rotatable bonds is 4. The summed E-state index contributed by atoms with van der Waals surface area (Å²) >= 11 is 0. The standard InChI is InChI=1S/C28H40O9/c1-12(2)25(33)36-22-19-18(26(19,8)9)21(35-17(7)30)15(5)24(32)28-11-14(4)23(31)27(28,37-28)10-13(3)20(22)34-16(6)29/h10,12,14-15,18-23,31H,11H2,1-9H3. The minimum atomic E-state index is -1.29. The molecule has 0 bridgehead atoms. The highest BCUT2D eigenvalue weighted by atomic mass is 16.7. The van der Waals surface area contributed by atoms with Crippen molar-refractivity contribution < 1.29 is 43.2 Å². The summed E-state index contributed by atoms with van der Waals surface area (Å²) in [5.41, 5.74) is -2.54. The highest BCUT2D eigenvalue weighted by molar-refractivity contribution is 5.96. The van der Waals surface area contributed by atoms with E-state index in [2.05, 4.69) is 0 Å². The van der Waals surface area contributed by atoms with E-state index >= 15 is 0 Å². The Morgan fingerprint density at radius 1 is 1.03 bits per heavy atom. The smallest absolute Gasteiger partial charge is 0.308 e. The summed E-state index contributed by atoms with van der Waals surface area (Å²) in [7, 11) is 0. The molecule has 0 aromatic carbocycles. The molecule has 0 amide bonds. The number of hydrogen-bond donors (Lipinski definition) is 1. The second kappa shape index (κ2) is 8.90. The first-order valence-electron chi connectivity index (χ1n) is 13.2. The number of carbonyl (C=O) groups is 4. The van der Waals surface area contributed by atoms with Crippen molar-refractivity contribution in [3.63, 3.8) is 0 Å². The average molecular weight is 521 g/mol. The third-order valence-electron chi connectivity index (χ3n) is 9.04. The van der Waals surface area contributed by atoms with Gasteiger partial charge in [-0.3, -0.25) is 19.2 Å². The van der Waals surface area contributed by atoms with E-state index in [-0.39, 0.29) is 23.5 Å². The Labute approximate surface area is 218 Å². The number of ketones is 1. The third kappa shape index (κ3) is 4.13. The van der Waals surface area contributed by atoms with Crippen molar-refractivity contribution >= 4 is 23.7 Å². The van der Waals surface area contributed by atoms with E-state index in [0.717, 1.165) is 0 Å². The zero-order chi connectivity index (χ0) is 27.8. The normalized spacial score (nSPS) is 43.9. The molecule has 1 heterocycles. The lowest BCUT2D eigenvalue weighted by atomic mass is 9.80.